The van der Waals surface area contributed by atoms with E-state index in [1.807, 2.05) is 0 Å². The van der Waals surface area contributed by atoms with Crippen molar-refractivity contribution in [1.82, 2.24) is 0 Å². The molecule has 6 heteroatoms. The monoisotopic (exact) mass is 223 g/mol. The van der Waals surface area contributed by atoms with Crippen molar-refractivity contribution in [1.29, 1.82) is 0 Å². The third kappa shape index (κ3) is 2.27. The molecule has 3 N–H and O–H groups in total. The highest BCUT2D eigenvalue weighted by Gasteiger charge is 2.22. The zero-order valence-corrected chi connectivity index (χ0v) is 7.61. The fourth-order valence-corrected chi connectivity index (χ4v) is 1.15. The van der Waals surface area contributed by atoms with Crippen molar-refractivity contribution in [3.05, 3.63) is 34.9 Å². The summed E-state index contributed by atoms with van der Waals surface area (Å²) in [6, 6.07) is 0.425. The molecule has 0 aliphatic carbocycles. The third-order valence-electron chi connectivity index (χ3n) is 1.93. The number of hydrogen-bond donors (Lipinski definition) is 2. The summed E-state index contributed by atoms with van der Waals surface area (Å²) in [5.41, 5.74) is 4.45. The SMILES string of the molecule is NCC[C@@H](O)c1cc(F)c(F)c(F)c1F. The van der Waals surface area contributed by atoms with Gasteiger partial charge in [-0.3, -0.25) is 0 Å². The normalized spacial score (nSPS) is 12.9. The average molecular weight is 223 g/mol. The molecule has 0 amide bonds. The largest absolute Gasteiger partial charge is 0.388 e. The van der Waals surface area contributed by atoms with E-state index in [9.17, 15) is 22.7 Å². The fraction of sp³-hybridized carbons (Fsp3) is 0.333. The van der Waals surface area contributed by atoms with E-state index in [0.717, 1.165) is 0 Å². The van der Waals surface area contributed by atoms with Crippen molar-refractivity contribution in [3.8, 4) is 0 Å². The molecule has 1 aromatic carbocycles. The predicted molar refractivity (Wildman–Crippen MR) is 44.9 cm³/mol. The summed E-state index contributed by atoms with van der Waals surface area (Å²) in [5, 5.41) is 9.27. The molecule has 0 heterocycles. The van der Waals surface area contributed by atoms with Crippen LogP contribution in [0, 0.1) is 23.3 Å². The Bertz CT molecular complexity index is 370. The summed E-state index contributed by atoms with van der Waals surface area (Å²) in [6.07, 6.45) is -1.51. The minimum absolute atomic E-state index is 0.0151. The maximum atomic E-state index is 13.0. The lowest BCUT2D eigenvalue weighted by Crippen LogP contribution is -2.11. The van der Waals surface area contributed by atoms with Crippen LogP contribution < -0.4 is 5.73 Å². The smallest absolute Gasteiger partial charge is 0.197 e. The second-order valence-corrected chi connectivity index (χ2v) is 2.98. The number of aliphatic hydroxyl groups is 1. The summed E-state index contributed by atoms with van der Waals surface area (Å²) in [4.78, 5) is 0. The van der Waals surface area contributed by atoms with E-state index in [1.54, 1.807) is 0 Å². The van der Waals surface area contributed by atoms with Gasteiger partial charge in [-0.2, -0.15) is 0 Å². The van der Waals surface area contributed by atoms with Crippen LogP contribution in [0.1, 0.15) is 18.1 Å². The average Bonchev–Trinajstić information content (AvgIpc) is 2.20. The first-order valence-electron chi connectivity index (χ1n) is 4.20. The first-order chi connectivity index (χ1) is 6.99. The Balaban J connectivity index is 3.19. The standard InChI is InChI=1S/C9H9F4NO/c10-5-3-4(6(15)1-2-14)7(11)9(13)8(5)12/h3,6,15H,1-2,14H2/t6-/m1/s1. The number of benzene rings is 1. The molecule has 1 aromatic rings. The lowest BCUT2D eigenvalue weighted by Gasteiger charge is -2.11. The molecule has 15 heavy (non-hydrogen) atoms. The van der Waals surface area contributed by atoms with Crippen LogP contribution in [0.5, 0.6) is 0 Å². The van der Waals surface area contributed by atoms with E-state index in [-0.39, 0.29) is 13.0 Å². The van der Waals surface area contributed by atoms with Crippen LogP contribution in [0.3, 0.4) is 0 Å². The van der Waals surface area contributed by atoms with Crippen LogP contribution in [0.15, 0.2) is 6.07 Å². The van der Waals surface area contributed by atoms with Gasteiger partial charge in [0.1, 0.15) is 0 Å². The Morgan fingerprint density at radius 2 is 1.73 bits per heavy atom. The molecular formula is C9H9F4NO. The second kappa shape index (κ2) is 4.59. The van der Waals surface area contributed by atoms with Gasteiger partial charge in [-0.05, 0) is 19.0 Å². The molecule has 0 saturated heterocycles. The number of halogens is 4. The molecule has 0 aliphatic heterocycles. The van der Waals surface area contributed by atoms with Crippen LogP contribution in [0.4, 0.5) is 17.6 Å². The Morgan fingerprint density at radius 3 is 2.27 bits per heavy atom. The molecule has 0 aromatic heterocycles. The maximum absolute atomic E-state index is 13.0. The molecule has 0 unspecified atom stereocenters. The maximum Gasteiger partial charge on any atom is 0.197 e. The molecule has 0 saturated carbocycles. The lowest BCUT2D eigenvalue weighted by molar-refractivity contribution is 0.163. The second-order valence-electron chi connectivity index (χ2n) is 2.98. The Morgan fingerprint density at radius 1 is 1.13 bits per heavy atom. The Kier molecular flexibility index (Phi) is 3.65. The van der Waals surface area contributed by atoms with Crippen molar-refractivity contribution in [3.63, 3.8) is 0 Å². The van der Waals surface area contributed by atoms with E-state index >= 15 is 0 Å². The van der Waals surface area contributed by atoms with Gasteiger partial charge in [-0.15, -0.1) is 0 Å². The van der Waals surface area contributed by atoms with Gasteiger partial charge in [0, 0.05) is 5.56 Å². The minimum atomic E-state index is -1.93. The van der Waals surface area contributed by atoms with Crippen molar-refractivity contribution >= 4 is 0 Å². The molecule has 0 spiro atoms. The molecule has 84 valence electrons. The summed E-state index contributed by atoms with van der Waals surface area (Å²) >= 11 is 0. The Labute approximate surface area is 83.3 Å². The van der Waals surface area contributed by atoms with Gasteiger partial charge in [-0.1, -0.05) is 0 Å². The highest BCUT2D eigenvalue weighted by molar-refractivity contribution is 5.23. The Hall–Kier alpha value is -1.14. The van der Waals surface area contributed by atoms with Gasteiger partial charge in [-0.25, -0.2) is 17.6 Å². The van der Waals surface area contributed by atoms with Gasteiger partial charge in [0.05, 0.1) is 6.10 Å². The topological polar surface area (TPSA) is 46.2 Å². The quantitative estimate of drug-likeness (QED) is 0.464. The summed E-state index contributed by atoms with van der Waals surface area (Å²) in [5.74, 6) is -6.95. The molecule has 1 rings (SSSR count). The first kappa shape index (κ1) is 11.9. The van der Waals surface area contributed by atoms with E-state index in [2.05, 4.69) is 0 Å². The number of rotatable bonds is 3. The van der Waals surface area contributed by atoms with Gasteiger partial charge >= 0.3 is 0 Å². The van der Waals surface area contributed by atoms with Crippen LogP contribution in [-0.4, -0.2) is 11.7 Å². The minimum Gasteiger partial charge on any atom is -0.388 e. The highest BCUT2D eigenvalue weighted by atomic mass is 19.2. The van der Waals surface area contributed by atoms with Crippen LogP contribution in [0.2, 0.25) is 0 Å². The molecule has 0 aliphatic rings. The van der Waals surface area contributed by atoms with E-state index in [0.29, 0.717) is 6.07 Å². The summed E-state index contributed by atoms with van der Waals surface area (Å²) in [7, 11) is 0. The van der Waals surface area contributed by atoms with Crippen molar-refractivity contribution < 1.29 is 22.7 Å². The van der Waals surface area contributed by atoms with E-state index < -0.39 is 34.9 Å². The van der Waals surface area contributed by atoms with Crippen molar-refractivity contribution in [2.75, 3.05) is 6.54 Å². The highest BCUT2D eigenvalue weighted by Crippen LogP contribution is 2.25. The van der Waals surface area contributed by atoms with Crippen LogP contribution in [-0.2, 0) is 0 Å². The number of aliphatic hydroxyl groups excluding tert-OH is 1. The summed E-state index contributed by atoms with van der Waals surface area (Å²) in [6.45, 7) is 0.0151. The molecule has 0 bridgehead atoms. The van der Waals surface area contributed by atoms with Crippen LogP contribution >= 0.6 is 0 Å². The van der Waals surface area contributed by atoms with Crippen molar-refractivity contribution in [2.24, 2.45) is 5.73 Å². The van der Waals surface area contributed by atoms with Gasteiger partial charge in [0.2, 0.25) is 0 Å². The van der Waals surface area contributed by atoms with Gasteiger partial charge < -0.3 is 10.8 Å². The fourth-order valence-electron chi connectivity index (χ4n) is 1.15. The summed E-state index contributed by atoms with van der Waals surface area (Å²) < 4.78 is 51.0. The third-order valence-corrected chi connectivity index (χ3v) is 1.93. The number of hydrogen-bond acceptors (Lipinski definition) is 2. The predicted octanol–water partition coefficient (Wildman–Crippen LogP) is 1.63. The van der Waals surface area contributed by atoms with Gasteiger partial charge in [0.25, 0.3) is 0 Å². The lowest BCUT2D eigenvalue weighted by atomic mass is 10.1. The molecule has 2 nitrogen and oxygen atoms in total. The number of nitrogens with two attached hydrogens (primary N) is 1. The zero-order chi connectivity index (χ0) is 11.6. The van der Waals surface area contributed by atoms with Crippen LogP contribution in [0.25, 0.3) is 0 Å². The molecule has 0 radical (unpaired) electrons. The van der Waals surface area contributed by atoms with E-state index in [4.69, 9.17) is 5.73 Å². The van der Waals surface area contributed by atoms with Gasteiger partial charge in [0.15, 0.2) is 23.3 Å². The van der Waals surface area contributed by atoms with E-state index in [1.165, 1.54) is 0 Å². The van der Waals surface area contributed by atoms with Crippen molar-refractivity contribution in [2.45, 2.75) is 12.5 Å². The molecule has 0 fully saturated rings. The molecular weight excluding hydrogens is 214 g/mol. The molecule has 1 atom stereocenters. The zero-order valence-electron chi connectivity index (χ0n) is 7.61. The first-order valence-corrected chi connectivity index (χ1v) is 4.20.